The number of carboxylic acids is 1. The maximum Gasteiger partial charge on any atom is 0.325 e. The maximum atomic E-state index is 11.8. The van der Waals surface area contributed by atoms with Crippen LogP contribution in [-0.4, -0.2) is 47.7 Å². The number of nitrogens with one attached hydrogen (secondary N) is 1. The summed E-state index contributed by atoms with van der Waals surface area (Å²) in [7, 11) is 1.79. The largest absolute Gasteiger partial charge is 0.480 e. The number of likely N-dealkylation sites (N-methyl/N-ethyl adjacent to an activating group) is 1. The predicted octanol–water partition coefficient (Wildman–Crippen LogP) is 2.34. The molecule has 0 aromatic rings. The summed E-state index contributed by atoms with van der Waals surface area (Å²) in [5, 5.41) is 12.8. The Morgan fingerprint density at radius 3 is 2.47 bits per heavy atom. The van der Waals surface area contributed by atoms with Gasteiger partial charge in [-0.25, -0.2) is 0 Å². The first-order valence-electron chi connectivity index (χ1n) is 7.68. The lowest BCUT2D eigenvalue weighted by atomic mass is 9.91. The van der Waals surface area contributed by atoms with Crippen molar-refractivity contribution in [2.75, 3.05) is 20.1 Å². The number of aliphatic carboxylic acids is 1. The van der Waals surface area contributed by atoms with Gasteiger partial charge in [-0.1, -0.05) is 20.3 Å². The molecule has 0 saturated heterocycles. The van der Waals surface area contributed by atoms with E-state index < -0.39 is 11.5 Å². The highest BCUT2D eigenvalue weighted by Gasteiger charge is 2.51. The fraction of sp³-hybridized carbons (Fsp3) is 0.933. The second kappa shape index (κ2) is 7.25. The van der Waals surface area contributed by atoms with Crippen molar-refractivity contribution in [3.05, 3.63) is 0 Å². The lowest BCUT2D eigenvalue weighted by Gasteiger charge is -2.38. The van der Waals surface area contributed by atoms with Gasteiger partial charge in [-0.15, -0.1) is 0 Å². The molecule has 1 saturated carbocycles. The van der Waals surface area contributed by atoms with E-state index in [0.717, 1.165) is 38.6 Å². The van der Waals surface area contributed by atoms with Gasteiger partial charge in [-0.05, 0) is 52.1 Å². The highest BCUT2D eigenvalue weighted by molar-refractivity contribution is 5.80. The first kappa shape index (κ1) is 16.4. The van der Waals surface area contributed by atoms with Crippen molar-refractivity contribution in [3.8, 4) is 0 Å². The zero-order chi connectivity index (χ0) is 14.5. The second-order valence-corrected chi connectivity index (χ2v) is 5.88. The monoisotopic (exact) mass is 270 g/mol. The third-order valence-corrected chi connectivity index (χ3v) is 4.57. The molecule has 1 fully saturated rings. The molecule has 0 aromatic carbocycles. The first-order valence-corrected chi connectivity index (χ1v) is 7.68. The van der Waals surface area contributed by atoms with E-state index in [2.05, 4.69) is 31.0 Å². The van der Waals surface area contributed by atoms with E-state index in [9.17, 15) is 9.90 Å². The minimum absolute atomic E-state index is 0.295. The highest BCUT2D eigenvalue weighted by atomic mass is 16.4. The lowest BCUT2D eigenvalue weighted by molar-refractivity contribution is -0.147. The van der Waals surface area contributed by atoms with Crippen LogP contribution in [0.25, 0.3) is 0 Å². The van der Waals surface area contributed by atoms with Crippen molar-refractivity contribution in [2.24, 2.45) is 5.92 Å². The summed E-state index contributed by atoms with van der Waals surface area (Å²) in [6, 6.07) is 0.442. The van der Waals surface area contributed by atoms with Crippen LogP contribution in [0, 0.1) is 5.92 Å². The van der Waals surface area contributed by atoms with Gasteiger partial charge in [0.05, 0.1) is 0 Å². The minimum Gasteiger partial charge on any atom is -0.480 e. The molecular weight excluding hydrogens is 240 g/mol. The Labute approximate surface area is 117 Å². The van der Waals surface area contributed by atoms with Crippen molar-refractivity contribution >= 4 is 5.97 Å². The number of unbranched alkanes of at least 4 members (excludes halogenated alkanes) is 1. The molecule has 0 spiro atoms. The Balaban J connectivity index is 2.80. The zero-order valence-corrected chi connectivity index (χ0v) is 12.9. The number of hydrogen-bond acceptors (Lipinski definition) is 3. The topological polar surface area (TPSA) is 52.6 Å². The molecule has 112 valence electrons. The van der Waals surface area contributed by atoms with Crippen molar-refractivity contribution in [1.82, 2.24) is 10.2 Å². The average molecular weight is 270 g/mol. The number of rotatable bonds is 10. The van der Waals surface area contributed by atoms with Gasteiger partial charge in [-0.2, -0.15) is 0 Å². The second-order valence-electron chi connectivity index (χ2n) is 5.88. The van der Waals surface area contributed by atoms with Gasteiger partial charge in [0.1, 0.15) is 5.54 Å². The Morgan fingerprint density at radius 1 is 1.47 bits per heavy atom. The molecule has 0 radical (unpaired) electrons. The molecule has 19 heavy (non-hydrogen) atoms. The lowest BCUT2D eigenvalue weighted by Crippen LogP contribution is -2.60. The van der Waals surface area contributed by atoms with Crippen LogP contribution in [0.1, 0.15) is 52.9 Å². The van der Waals surface area contributed by atoms with Gasteiger partial charge in [0.25, 0.3) is 0 Å². The van der Waals surface area contributed by atoms with Crippen LogP contribution in [-0.2, 0) is 4.79 Å². The number of nitrogens with zero attached hydrogens (tertiary/aromatic N) is 1. The Hall–Kier alpha value is -0.610. The number of hydrogen-bond donors (Lipinski definition) is 2. The Bertz CT molecular complexity index is 292. The molecular formula is C15H30N2O2. The SMILES string of the molecule is CCCCN(CC(NC)(C(=O)O)C1CC1)C(C)CC. The smallest absolute Gasteiger partial charge is 0.325 e. The predicted molar refractivity (Wildman–Crippen MR) is 78.4 cm³/mol. The molecule has 2 N–H and O–H groups in total. The molecule has 0 amide bonds. The molecule has 1 aliphatic carbocycles. The summed E-state index contributed by atoms with van der Waals surface area (Å²) >= 11 is 0. The Kier molecular flexibility index (Phi) is 6.27. The highest BCUT2D eigenvalue weighted by Crippen LogP contribution is 2.40. The van der Waals surface area contributed by atoms with E-state index in [4.69, 9.17) is 0 Å². The van der Waals surface area contributed by atoms with Crippen LogP contribution >= 0.6 is 0 Å². The minimum atomic E-state index is -0.753. The molecule has 4 nitrogen and oxygen atoms in total. The van der Waals surface area contributed by atoms with E-state index in [0.29, 0.717) is 18.5 Å². The van der Waals surface area contributed by atoms with E-state index in [1.165, 1.54) is 0 Å². The summed E-state index contributed by atoms with van der Waals surface area (Å²) in [4.78, 5) is 14.1. The fourth-order valence-corrected chi connectivity index (χ4v) is 2.73. The van der Waals surface area contributed by atoms with Gasteiger partial charge in [0.15, 0.2) is 0 Å². The van der Waals surface area contributed by atoms with Crippen molar-refractivity contribution in [2.45, 2.75) is 64.5 Å². The first-order chi connectivity index (χ1) is 9.01. The van der Waals surface area contributed by atoms with Crippen LogP contribution < -0.4 is 5.32 Å². The zero-order valence-electron chi connectivity index (χ0n) is 12.9. The van der Waals surface area contributed by atoms with Gasteiger partial charge in [0, 0.05) is 12.6 Å². The molecule has 0 heterocycles. The fourth-order valence-electron chi connectivity index (χ4n) is 2.73. The summed E-state index contributed by atoms with van der Waals surface area (Å²) < 4.78 is 0. The van der Waals surface area contributed by atoms with Crippen molar-refractivity contribution < 1.29 is 9.90 Å². The van der Waals surface area contributed by atoms with Crippen LogP contribution in [0.5, 0.6) is 0 Å². The van der Waals surface area contributed by atoms with Crippen molar-refractivity contribution in [1.29, 1.82) is 0 Å². The van der Waals surface area contributed by atoms with E-state index >= 15 is 0 Å². The summed E-state index contributed by atoms with van der Waals surface area (Å²) in [5.41, 5.74) is -0.753. The molecule has 0 aromatic heterocycles. The summed E-state index contributed by atoms with van der Waals surface area (Å²) in [6.45, 7) is 8.17. The molecule has 1 rings (SSSR count). The number of carbonyl (C=O) groups is 1. The quantitative estimate of drug-likeness (QED) is 0.640. The van der Waals surface area contributed by atoms with Crippen LogP contribution in [0.3, 0.4) is 0 Å². The Morgan fingerprint density at radius 2 is 2.11 bits per heavy atom. The van der Waals surface area contributed by atoms with Gasteiger partial charge in [0.2, 0.25) is 0 Å². The third-order valence-electron chi connectivity index (χ3n) is 4.57. The van der Waals surface area contributed by atoms with Crippen molar-refractivity contribution in [3.63, 3.8) is 0 Å². The van der Waals surface area contributed by atoms with E-state index in [1.54, 1.807) is 7.05 Å². The van der Waals surface area contributed by atoms with Gasteiger partial charge < -0.3 is 10.4 Å². The third kappa shape index (κ3) is 3.93. The van der Waals surface area contributed by atoms with Crippen LogP contribution in [0.4, 0.5) is 0 Å². The normalized spacial score (nSPS) is 20.3. The molecule has 0 bridgehead atoms. The molecule has 1 aliphatic rings. The van der Waals surface area contributed by atoms with Crippen LogP contribution in [0.15, 0.2) is 0 Å². The van der Waals surface area contributed by atoms with E-state index in [1.807, 2.05) is 0 Å². The van der Waals surface area contributed by atoms with E-state index in [-0.39, 0.29) is 0 Å². The summed E-state index contributed by atoms with van der Waals surface area (Å²) in [6.07, 6.45) is 5.42. The standard InChI is InChI=1S/C15H30N2O2/c1-5-7-10-17(12(3)6-2)11-15(16-4,14(18)19)13-8-9-13/h12-13,16H,5-11H2,1-4H3,(H,18,19). The van der Waals surface area contributed by atoms with Gasteiger partial charge in [-0.3, -0.25) is 9.69 Å². The average Bonchev–Trinajstić information content (AvgIpc) is 3.23. The van der Waals surface area contributed by atoms with Gasteiger partial charge >= 0.3 is 5.97 Å². The summed E-state index contributed by atoms with van der Waals surface area (Å²) in [5.74, 6) is -0.398. The van der Waals surface area contributed by atoms with Crippen LogP contribution in [0.2, 0.25) is 0 Å². The number of carboxylic acid groups (broad SMARTS) is 1. The molecule has 2 atom stereocenters. The molecule has 0 aliphatic heterocycles. The maximum absolute atomic E-state index is 11.8. The molecule has 2 unspecified atom stereocenters. The molecule has 4 heteroatoms.